The number of aryl methyl sites for hydroxylation is 1. The molecule has 1 unspecified atom stereocenters. The Bertz CT molecular complexity index is 1340. The van der Waals surface area contributed by atoms with Gasteiger partial charge < -0.3 is 10.6 Å². The lowest BCUT2D eigenvalue weighted by Crippen LogP contribution is -2.18. The number of anilines is 2. The van der Waals surface area contributed by atoms with Crippen molar-refractivity contribution >= 4 is 28.8 Å². The number of carbonyl (C=O) groups is 1. The van der Waals surface area contributed by atoms with Gasteiger partial charge in [-0.1, -0.05) is 19.1 Å². The summed E-state index contributed by atoms with van der Waals surface area (Å²) in [5.41, 5.74) is 5.33. The van der Waals surface area contributed by atoms with E-state index in [4.69, 9.17) is 0 Å². The van der Waals surface area contributed by atoms with Crippen molar-refractivity contribution in [3.63, 3.8) is 0 Å². The molecule has 0 aliphatic carbocycles. The highest BCUT2D eigenvalue weighted by Gasteiger charge is 2.15. The molecular weight excluding hydrogens is 467 g/mol. The number of aromatic amines is 1. The van der Waals surface area contributed by atoms with Crippen LogP contribution in [0, 0.1) is 11.7 Å². The van der Waals surface area contributed by atoms with Gasteiger partial charge in [0.1, 0.15) is 18.0 Å². The van der Waals surface area contributed by atoms with Crippen LogP contribution in [0.3, 0.4) is 0 Å². The molecule has 7 nitrogen and oxygen atoms in total. The van der Waals surface area contributed by atoms with Gasteiger partial charge in [-0.25, -0.2) is 14.4 Å². The number of aromatic nitrogens is 4. The molecule has 2 aromatic heterocycles. The third-order valence-electron chi connectivity index (χ3n) is 6.64. The van der Waals surface area contributed by atoms with Crippen LogP contribution in [-0.2, 0) is 24.1 Å². The Kier molecular flexibility index (Phi) is 8.97. The number of H-pyrrole nitrogens is 1. The van der Waals surface area contributed by atoms with Gasteiger partial charge in [0.25, 0.3) is 0 Å². The topological polar surface area (TPSA) is 95.6 Å². The predicted molar refractivity (Wildman–Crippen MR) is 145 cm³/mol. The van der Waals surface area contributed by atoms with Gasteiger partial charge >= 0.3 is 0 Å². The first-order chi connectivity index (χ1) is 18.1. The van der Waals surface area contributed by atoms with E-state index in [9.17, 15) is 4.79 Å². The number of allylic oxidation sites excluding steroid dienone is 1. The van der Waals surface area contributed by atoms with Crippen molar-refractivity contribution in [2.24, 2.45) is 5.92 Å². The summed E-state index contributed by atoms with van der Waals surface area (Å²) in [6.07, 6.45) is 11.1. The second kappa shape index (κ2) is 12.8. The fourth-order valence-electron chi connectivity index (χ4n) is 4.67. The van der Waals surface area contributed by atoms with Gasteiger partial charge in [0, 0.05) is 24.5 Å². The standard InChI is InChI=1S/C29H33FN6O/c1-3-5-6-20(9-11-31-19-37)13-23-16-25-28(17-22(23)4-2)32-18-33-29(25)35-27-8-7-21(15-26(27)30)14-24-10-12-34-36-24/h3,7-8,10,12,15-20H,1,4-6,9,11,13-14H2,2H3,(H,31,37)(H,34,36)(H,32,33,35). The zero-order valence-corrected chi connectivity index (χ0v) is 21.1. The molecule has 0 saturated heterocycles. The van der Waals surface area contributed by atoms with Crippen LogP contribution in [0.2, 0.25) is 0 Å². The molecule has 0 bridgehead atoms. The van der Waals surface area contributed by atoms with Crippen molar-refractivity contribution in [1.82, 2.24) is 25.5 Å². The van der Waals surface area contributed by atoms with E-state index in [2.05, 4.69) is 56.4 Å². The summed E-state index contributed by atoms with van der Waals surface area (Å²) in [4.78, 5) is 19.7. The zero-order valence-electron chi connectivity index (χ0n) is 21.1. The molecule has 3 N–H and O–H groups in total. The van der Waals surface area contributed by atoms with Gasteiger partial charge in [-0.15, -0.1) is 6.58 Å². The van der Waals surface area contributed by atoms with Gasteiger partial charge in [0.05, 0.1) is 16.9 Å². The first-order valence-corrected chi connectivity index (χ1v) is 12.7. The lowest BCUT2D eigenvalue weighted by atomic mass is 9.88. The van der Waals surface area contributed by atoms with Crippen molar-refractivity contribution in [1.29, 1.82) is 0 Å². The van der Waals surface area contributed by atoms with E-state index >= 15 is 4.39 Å². The van der Waals surface area contributed by atoms with Crippen LogP contribution in [0.25, 0.3) is 10.9 Å². The van der Waals surface area contributed by atoms with E-state index in [0.29, 0.717) is 30.4 Å². The summed E-state index contributed by atoms with van der Waals surface area (Å²) in [5, 5.41) is 13.7. The lowest BCUT2D eigenvalue weighted by Gasteiger charge is -2.19. The fraction of sp³-hybridized carbons (Fsp3) is 0.310. The van der Waals surface area contributed by atoms with E-state index < -0.39 is 0 Å². The van der Waals surface area contributed by atoms with Crippen LogP contribution in [0.15, 0.2) is 61.6 Å². The van der Waals surface area contributed by atoms with E-state index in [0.717, 1.165) is 60.7 Å². The number of hydrogen-bond acceptors (Lipinski definition) is 5. The largest absolute Gasteiger partial charge is 0.359 e. The number of fused-ring (bicyclic) bond motifs is 1. The number of benzene rings is 2. The quantitative estimate of drug-likeness (QED) is 0.118. The minimum absolute atomic E-state index is 0.350. The molecule has 2 heterocycles. The number of carbonyl (C=O) groups excluding carboxylic acids is 1. The first kappa shape index (κ1) is 26.0. The molecule has 0 fully saturated rings. The SMILES string of the molecule is C=CCCC(CCNC=O)Cc1cc2c(Nc3ccc(Cc4cc[nH]n4)cc3F)ncnc2cc1CC. The summed E-state index contributed by atoms with van der Waals surface area (Å²) in [6, 6.07) is 11.3. The average Bonchev–Trinajstić information content (AvgIpc) is 3.41. The Morgan fingerprint density at radius 1 is 1.14 bits per heavy atom. The Balaban J connectivity index is 1.60. The van der Waals surface area contributed by atoms with Gasteiger partial charge in [0.2, 0.25) is 6.41 Å². The molecule has 1 amide bonds. The van der Waals surface area contributed by atoms with Crippen LogP contribution < -0.4 is 10.6 Å². The van der Waals surface area contributed by atoms with Crippen LogP contribution in [-0.4, -0.2) is 33.1 Å². The number of hydrogen-bond donors (Lipinski definition) is 3. The first-order valence-electron chi connectivity index (χ1n) is 12.7. The Morgan fingerprint density at radius 2 is 2.03 bits per heavy atom. The van der Waals surface area contributed by atoms with E-state index in [1.807, 2.05) is 18.2 Å². The van der Waals surface area contributed by atoms with Gasteiger partial charge in [-0.2, -0.15) is 5.10 Å². The fourth-order valence-corrected chi connectivity index (χ4v) is 4.67. The van der Waals surface area contributed by atoms with Crippen LogP contribution in [0.1, 0.15) is 48.6 Å². The summed E-state index contributed by atoms with van der Waals surface area (Å²) in [6.45, 7) is 6.64. The highest BCUT2D eigenvalue weighted by molar-refractivity contribution is 5.91. The van der Waals surface area contributed by atoms with E-state index in [-0.39, 0.29) is 5.82 Å². The summed E-state index contributed by atoms with van der Waals surface area (Å²) >= 11 is 0. The molecule has 8 heteroatoms. The highest BCUT2D eigenvalue weighted by Crippen LogP contribution is 2.30. The van der Waals surface area contributed by atoms with Crippen molar-refractivity contribution in [2.75, 3.05) is 11.9 Å². The Hall–Kier alpha value is -4.07. The maximum absolute atomic E-state index is 15.0. The number of nitrogens with zero attached hydrogens (tertiary/aromatic N) is 3. The minimum atomic E-state index is -0.350. The monoisotopic (exact) mass is 500 g/mol. The summed E-state index contributed by atoms with van der Waals surface area (Å²) in [5.74, 6) is 0.615. The van der Waals surface area contributed by atoms with Crippen LogP contribution in [0.5, 0.6) is 0 Å². The maximum atomic E-state index is 15.0. The lowest BCUT2D eigenvalue weighted by molar-refractivity contribution is -0.109. The number of rotatable bonds is 14. The molecule has 4 rings (SSSR count). The molecular formula is C29H33FN6O. The van der Waals surface area contributed by atoms with Crippen molar-refractivity contribution < 1.29 is 9.18 Å². The van der Waals surface area contributed by atoms with Crippen LogP contribution in [0.4, 0.5) is 15.9 Å². The van der Waals surface area contributed by atoms with E-state index in [1.165, 1.54) is 23.5 Å². The van der Waals surface area contributed by atoms with Crippen molar-refractivity contribution in [3.8, 4) is 0 Å². The second-order valence-electron chi connectivity index (χ2n) is 9.19. The number of halogens is 1. The number of nitrogens with one attached hydrogen (secondary N) is 3. The number of amides is 1. The van der Waals surface area contributed by atoms with Crippen molar-refractivity contribution in [3.05, 3.63) is 89.8 Å². The molecule has 0 spiro atoms. The normalized spacial score (nSPS) is 11.8. The molecule has 0 aliphatic rings. The Labute approximate surface area is 216 Å². The third-order valence-corrected chi connectivity index (χ3v) is 6.64. The summed E-state index contributed by atoms with van der Waals surface area (Å²) in [7, 11) is 0. The molecule has 192 valence electrons. The van der Waals surface area contributed by atoms with Gasteiger partial charge in [-0.3, -0.25) is 9.89 Å². The third kappa shape index (κ3) is 6.78. The van der Waals surface area contributed by atoms with Crippen molar-refractivity contribution in [2.45, 2.75) is 45.4 Å². The maximum Gasteiger partial charge on any atom is 0.207 e. The molecule has 4 aromatic rings. The zero-order chi connectivity index (χ0) is 26.0. The Morgan fingerprint density at radius 3 is 2.76 bits per heavy atom. The average molecular weight is 501 g/mol. The summed E-state index contributed by atoms with van der Waals surface area (Å²) < 4.78 is 15.0. The molecule has 0 saturated carbocycles. The second-order valence-corrected chi connectivity index (χ2v) is 9.19. The van der Waals surface area contributed by atoms with Crippen LogP contribution >= 0.6 is 0 Å². The molecule has 1 atom stereocenters. The van der Waals surface area contributed by atoms with Gasteiger partial charge in [-0.05, 0) is 85.0 Å². The smallest absolute Gasteiger partial charge is 0.207 e. The molecule has 0 aliphatic heterocycles. The van der Waals surface area contributed by atoms with E-state index in [1.54, 1.807) is 12.3 Å². The molecule has 0 radical (unpaired) electrons. The predicted octanol–water partition coefficient (Wildman–Crippen LogP) is 5.65. The highest BCUT2D eigenvalue weighted by atomic mass is 19.1. The molecule has 2 aromatic carbocycles. The minimum Gasteiger partial charge on any atom is -0.359 e. The molecule has 37 heavy (non-hydrogen) atoms. The van der Waals surface area contributed by atoms with Gasteiger partial charge in [0.15, 0.2) is 0 Å².